The zero-order chi connectivity index (χ0) is 51.8. The highest BCUT2D eigenvalue weighted by Gasteiger charge is 2.99. The maximum atomic E-state index is 15.7. The summed E-state index contributed by atoms with van der Waals surface area (Å²) in [6.45, 7) is 9.17. The van der Waals surface area contributed by atoms with Crippen LogP contribution in [0, 0.1) is 0 Å². The van der Waals surface area contributed by atoms with Crippen LogP contribution in [0.3, 0.4) is 0 Å². The van der Waals surface area contributed by atoms with Crippen molar-refractivity contribution in [1.29, 1.82) is 0 Å². The van der Waals surface area contributed by atoms with E-state index in [1.54, 1.807) is 0 Å². The Morgan fingerprint density at radius 3 is 0.894 bits per heavy atom. The van der Waals surface area contributed by atoms with Crippen LogP contribution in [-0.4, -0.2) is 82.6 Å². The molecule has 374 valence electrons. The van der Waals surface area contributed by atoms with Gasteiger partial charge >= 0.3 is 71.4 Å². The van der Waals surface area contributed by atoms with Crippen molar-refractivity contribution >= 4 is 16.3 Å². The quantitative estimate of drug-likeness (QED) is 0.134. The first kappa shape index (κ1) is 55.8. The highest BCUT2D eigenvalue weighted by atomic mass is 32.3. The van der Waals surface area contributed by atoms with Crippen molar-refractivity contribution in [2.24, 2.45) is 0 Å². The van der Waals surface area contributed by atoms with Crippen LogP contribution in [0.4, 0.5) is 101 Å². The molecule has 0 aromatic heterocycles. The molecule has 0 spiro atoms. The molecule has 0 radical (unpaired) electrons. The Hall–Kier alpha value is -4.53. The van der Waals surface area contributed by atoms with Gasteiger partial charge in [0.15, 0.2) is 0 Å². The largest absolute Gasteiger partial charge is 0.488 e. The molecule has 28 heteroatoms. The lowest BCUT2D eigenvalue weighted by atomic mass is 9.85. The summed E-state index contributed by atoms with van der Waals surface area (Å²) in [5.74, 6) is -95.0. The third-order valence-corrected chi connectivity index (χ3v) is 11.8. The molecule has 0 amide bonds. The number of carbonyl (C=O) groups is 1. The van der Waals surface area contributed by atoms with E-state index in [1.165, 1.54) is 47.6 Å². The second-order valence-corrected chi connectivity index (χ2v) is 18.5. The molecular formula is C38H31F23O4S. The van der Waals surface area contributed by atoms with E-state index >= 15 is 26.3 Å². The number of alkyl halides is 23. The molecule has 0 N–H and O–H groups in total. The average Bonchev–Trinajstić information content (AvgIpc) is 3.15. The molecule has 3 aromatic rings. The van der Waals surface area contributed by atoms with E-state index in [0.717, 1.165) is 72.8 Å². The number of benzene rings is 3. The summed E-state index contributed by atoms with van der Waals surface area (Å²) in [7, 11) is -4.57. The van der Waals surface area contributed by atoms with Crippen LogP contribution in [0.1, 0.15) is 41.5 Å². The SMILES string of the molecule is CC(C)(C)Oc1ccc(S(OC(=O)C(F)(F)C(F)(F)C(F)(F)C(F)(F)C(F)(F)C(F)(F)C(F)(F)C(F)(F)C(F)(F)C(F)(F)C(F)(F)F)(c2ccccc2)c2ccc(OC(C)(C)C)cc2)cc1. The second kappa shape index (κ2) is 16.6. The normalized spacial score (nSPS) is 15.3. The Kier molecular flexibility index (Phi) is 14.0. The predicted octanol–water partition coefficient (Wildman–Crippen LogP) is 14.7. The van der Waals surface area contributed by atoms with E-state index < -0.39 is 108 Å². The van der Waals surface area contributed by atoms with E-state index in [4.69, 9.17) is 13.7 Å². The van der Waals surface area contributed by atoms with Crippen molar-refractivity contribution in [1.82, 2.24) is 0 Å². The minimum Gasteiger partial charge on any atom is -0.488 e. The minimum atomic E-state index is -9.59. The molecule has 3 rings (SSSR count). The van der Waals surface area contributed by atoms with Crippen molar-refractivity contribution in [2.45, 2.75) is 133 Å². The van der Waals surface area contributed by atoms with Crippen LogP contribution >= 0.6 is 10.3 Å². The van der Waals surface area contributed by atoms with Crippen LogP contribution in [0.15, 0.2) is 93.5 Å². The van der Waals surface area contributed by atoms with Crippen molar-refractivity contribution in [3.05, 3.63) is 78.9 Å². The molecule has 0 fully saturated rings. The van der Waals surface area contributed by atoms with E-state index in [0.29, 0.717) is 0 Å². The average molecular weight is 1020 g/mol. The Morgan fingerprint density at radius 2 is 0.621 bits per heavy atom. The van der Waals surface area contributed by atoms with Crippen LogP contribution < -0.4 is 9.47 Å². The Labute approximate surface area is 358 Å². The lowest BCUT2D eigenvalue weighted by molar-refractivity contribution is -0.477. The Morgan fingerprint density at radius 1 is 0.364 bits per heavy atom. The van der Waals surface area contributed by atoms with Gasteiger partial charge in [-0.2, -0.15) is 101 Å². The highest BCUT2D eigenvalue weighted by molar-refractivity contribution is 8.30. The molecule has 0 heterocycles. The van der Waals surface area contributed by atoms with Gasteiger partial charge in [0.2, 0.25) is 0 Å². The minimum absolute atomic E-state index is 0.0505. The molecular weight excluding hydrogens is 989 g/mol. The first-order valence-corrected chi connectivity index (χ1v) is 19.2. The van der Waals surface area contributed by atoms with Gasteiger partial charge in [-0.05, 0) is 113 Å². The lowest BCUT2D eigenvalue weighted by Crippen LogP contribution is -2.78. The van der Waals surface area contributed by atoms with Crippen LogP contribution in [-0.2, 0) is 8.98 Å². The maximum absolute atomic E-state index is 15.7. The van der Waals surface area contributed by atoms with Gasteiger partial charge in [-0.15, -0.1) is 0 Å². The number of hydrogen-bond donors (Lipinski definition) is 0. The molecule has 0 saturated carbocycles. The maximum Gasteiger partial charge on any atom is 0.460 e. The standard InChI is InChI=1S/C38H31F23O4S/c1-26(2,3)63-20-12-16-23(17-13-20)66(22-10-8-7-9-11-22,24-18-14-21(15-19-24)64-27(4,5)6)65-25(62)28(39,40)29(41,42)30(43,44)31(45,46)32(47,48)33(49,50)34(51,52)35(53,54)36(55,56)37(57,58)38(59,60)61/h7-19H,1-6H3. The van der Waals surface area contributed by atoms with Crippen molar-refractivity contribution < 1.29 is 119 Å². The van der Waals surface area contributed by atoms with Gasteiger partial charge in [0.25, 0.3) is 0 Å². The summed E-state index contributed by atoms with van der Waals surface area (Å²) < 4.78 is 343. The molecule has 66 heavy (non-hydrogen) atoms. The molecule has 0 aliphatic rings. The van der Waals surface area contributed by atoms with E-state index in [1.807, 2.05) is 0 Å². The summed E-state index contributed by atoms with van der Waals surface area (Å²) >= 11 is 0. The summed E-state index contributed by atoms with van der Waals surface area (Å²) in [6, 6.07) is 13.0. The first-order valence-electron chi connectivity index (χ1n) is 17.7. The fourth-order valence-corrected chi connectivity index (χ4v) is 8.34. The van der Waals surface area contributed by atoms with Crippen molar-refractivity contribution in [2.75, 3.05) is 0 Å². The van der Waals surface area contributed by atoms with Crippen molar-refractivity contribution in [3.8, 4) is 11.5 Å². The third kappa shape index (κ3) is 8.75. The topological polar surface area (TPSA) is 44.8 Å². The number of carbonyl (C=O) groups excluding carboxylic acids is 1. The number of hydrogen-bond acceptors (Lipinski definition) is 4. The van der Waals surface area contributed by atoms with Gasteiger partial charge in [0.1, 0.15) is 22.7 Å². The molecule has 0 aliphatic carbocycles. The van der Waals surface area contributed by atoms with Gasteiger partial charge < -0.3 is 13.7 Å². The zero-order valence-electron chi connectivity index (χ0n) is 33.7. The van der Waals surface area contributed by atoms with Crippen molar-refractivity contribution in [3.63, 3.8) is 0 Å². The van der Waals surface area contributed by atoms with Gasteiger partial charge in [-0.25, -0.2) is 4.79 Å². The zero-order valence-corrected chi connectivity index (χ0v) is 34.6. The smallest absolute Gasteiger partial charge is 0.460 e. The predicted molar refractivity (Wildman–Crippen MR) is 184 cm³/mol. The van der Waals surface area contributed by atoms with Gasteiger partial charge in [-0.1, -0.05) is 18.2 Å². The summed E-state index contributed by atoms with van der Waals surface area (Å²) in [5, 5.41) is 0. The molecule has 0 saturated heterocycles. The lowest BCUT2D eigenvalue weighted by Gasteiger charge is -2.45. The molecule has 0 bridgehead atoms. The molecule has 4 nitrogen and oxygen atoms in total. The fraction of sp³-hybridized carbons (Fsp3) is 0.500. The summed E-state index contributed by atoms with van der Waals surface area (Å²) in [6.07, 6.45) is -8.18. The molecule has 3 aromatic carbocycles. The highest BCUT2D eigenvalue weighted by Crippen LogP contribution is 2.71. The van der Waals surface area contributed by atoms with E-state index in [9.17, 15) is 79.4 Å². The number of ether oxygens (including phenoxy) is 2. The molecule has 0 atom stereocenters. The fourth-order valence-electron chi connectivity index (χ4n) is 5.32. The third-order valence-electron chi connectivity index (χ3n) is 8.60. The summed E-state index contributed by atoms with van der Waals surface area (Å²) in [5.41, 5.74) is -1.93. The van der Waals surface area contributed by atoms with Gasteiger partial charge in [0, 0.05) is 14.7 Å². The van der Waals surface area contributed by atoms with Gasteiger partial charge in [-0.3, -0.25) is 0 Å². The van der Waals surface area contributed by atoms with Crippen LogP contribution in [0.5, 0.6) is 11.5 Å². The summed E-state index contributed by atoms with van der Waals surface area (Å²) in [4.78, 5) is 11.6. The van der Waals surface area contributed by atoms with Crippen LogP contribution in [0.2, 0.25) is 0 Å². The van der Waals surface area contributed by atoms with Crippen LogP contribution in [0.25, 0.3) is 0 Å². The Balaban J connectivity index is 2.31. The first-order chi connectivity index (χ1) is 29.1. The Bertz CT molecular complexity index is 2120. The number of rotatable bonds is 16. The van der Waals surface area contributed by atoms with E-state index in [-0.39, 0.29) is 11.5 Å². The molecule has 0 aliphatic heterocycles. The van der Waals surface area contributed by atoms with E-state index in [2.05, 4.69) is 0 Å². The number of halogens is 23. The second-order valence-electron chi connectivity index (χ2n) is 15.9. The molecule has 0 unspecified atom stereocenters. The van der Waals surface area contributed by atoms with Gasteiger partial charge in [0.05, 0.1) is 0 Å². The monoisotopic (exact) mass is 1020 g/mol.